The van der Waals surface area contributed by atoms with Gasteiger partial charge in [-0.15, -0.1) is 0 Å². The zero-order chi connectivity index (χ0) is 22.4. The number of Topliss-reactive ketones (excluding diaryl/α,β-unsaturated/α-hetero) is 1. The molecule has 1 heterocycles. The second-order valence-corrected chi connectivity index (χ2v) is 7.74. The van der Waals surface area contributed by atoms with E-state index in [0.717, 1.165) is 31.9 Å². The summed E-state index contributed by atoms with van der Waals surface area (Å²) >= 11 is 0. The van der Waals surface area contributed by atoms with E-state index in [4.69, 9.17) is 0 Å². The minimum atomic E-state index is -0.409. The van der Waals surface area contributed by atoms with Crippen LogP contribution in [-0.4, -0.2) is 55.7 Å². The lowest BCUT2D eigenvalue weighted by molar-refractivity contribution is -0.114. The highest BCUT2D eigenvalue weighted by Crippen LogP contribution is 2.19. The second kappa shape index (κ2) is 10.0. The van der Waals surface area contributed by atoms with Crippen LogP contribution in [0.5, 0.6) is 0 Å². The van der Waals surface area contributed by atoms with E-state index in [1.165, 1.54) is 13.0 Å². The summed E-state index contributed by atoms with van der Waals surface area (Å²) in [6.45, 7) is 7.11. The Labute approximate surface area is 182 Å². The second-order valence-electron chi connectivity index (χ2n) is 7.74. The van der Waals surface area contributed by atoms with Crippen molar-refractivity contribution in [2.75, 3.05) is 48.8 Å². The third kappa shape index (κ3) is 6.26. The number of nitrogens with one attached hydrogen (secondary N) is 2. The highest BCUT2D eigenvalue weighted by atomic mass is 16.2. The first-order valence-corrected chi connectivity index (χ1v) is 10.3. The van der Waals surface area contributed by atoms with E-state index < -0.39 is 5.91 Å². The summed E-state index contributed by atoms with van der Waals surface area (Å²) in [4.78, 5) is 40.6. The molecule has 1 aliphatic heterocycles. The summed E-state index contributed by atoms with van der Waals surface area (Å²) in [6.07, 6.45) is 1.26. The van der Waals surface area contributed by atoms with Gasteiger partial charge < -0.3 is 20.4 Å². The van der Waals surface area contributed by atoms with Gasteiger partial charge in [0, 0.05) is 60.5 Å². The van der Waals surface area contributed by atoms with Crippen molar-refractivity contribution < 1.29 is 14.4 Å². The molecule has 1 aliphatic rings. The smallest absolute Gasteiger partial charge is 0.251 e. The van der Waals surface area contributed by atoms with Crippen LogP contribution >= 0.6 is 0 Å². The molecule has 7 nitrogen and oxygen atoms in total. The van der Waals surface area contributed by atoms with Crippen LogP contribution in [-0.2, 0) is 9.59 Å². The molecule has 3 rings (SSSR count). The fourth-order valence-electron chi connectivity index (χ4n) is 3.28. The molecule has 0 saturated carbocycles. The summed E-state index contributed by atoms with van der Waals surface area (Å²) in [5, 5.41) is 5.51. The highest BCUT2D eigenvalue weighted by molar-refractivity contribution is 6.10. The molecule has 0 unspecified atom stereocenters. The van der Waals surface area contributed by atoms with Gasteiger partial charge in [0.1, 0.15) is 0 Å². The molecule has 7 heteroatoms. The third-order valence-electron chi connectivity index (χ3n) is 5.26. The Morgan fingerprint density at radius 3 is 1.94 bits per heavy atom. The van der Waals surface area contributed by atoms with E-state index >= 15 is 0 Å². The molecule has 2 amide bonds. The Kier molecular flexibility index (Phi) is 7.20. The Morgan fingerprint density at radius 1 is 0.806 bits per heavy atom. The predicted octanol–water partition coefficient (Wildman–Crippen LogP) is 3.16. The molecule has 2 N–H and O–H groups in total. The maximum Gasteiger partial charge on any atom is 0.251 e. The van der Waals surface area contributed by atoms with Gasteiger partial charge in [-0.25, -0.2) is 0 Å². The van der Waals surface area contributed by atoms with Gasteiger partial charge in [0.05, 0.1) is 0 Å². The third-order valence-corrected chi connectivity index (χ3v) is 5.26. The zero-order valence-electron chi connectivity index (χ0n) is 18.1. The van der Waals surface area contributed by atoms with E-state index in [2.05, 4.69) is 27.5 Å². The first-order chi connectivity index (χ1) is 14.8. The number of ketones is 1. The average Bonchev–Trinajstić information content (AvgIpc) is 2.75. The molecule has 2 aromatic rings. The highest BCUT2D eigenvalue weighted by Gasteiger charge is 2.14. The molecule has 162 valence electrons. The fraction of sp³-hybridized carbons (Fsp3) is 0.292. The minimum Gasteiger partial charge on any atom is -0.369 e. The molecule has 0 atom stereocenters. The number of carbonyl (C=O) groups excluding carboxylic acids is 3. The van der Waals surface area contributed by atoms with Gasteiger partial charge in [0.15, 0.2) is 5.78 Å². The molecule has 1 saturated heterocycles. The number of anilines is 3. The number of likely N-dealkylation sites (N-methyl/N-ethyl adjacent to an activating group) is 1. The van der Waals surface area contributed by atoms with Crippen molar-refractivity contribution in [2.24, 2.45) is 0 Å². The van der Waals surface area contributed by atoms with Crippen LogP contribution in [0.1, 0.15) is 24.2 Å². The van der Waals surface area contributed by atoms with Crippen molar-refractivity contribution in [1.29, 1.82) is 0 Å². The van der Waals surface area contributed by atoms with E-state index in [9.17, 15) is 14.4 Å². The van der Waals surface area contributed by atoms with E-state index in [1.54, 1.807) is 31.2 Å². The molecule has 0 bridgehead atoms. The van der Waals surface area contributed by atoms with Crippen molar-refractivity contribution in [3.05, 3.63) is 65.7 Å². The predicted molar refractivity (Wildman–Crippen MR) is 124 cm³/mol. The van der Waals surface area contributed by atoms with Crippen LogP contribution in [0.2, 0.25) is 0 Å². The van der Waals surface area contributed by atoms with Crippen molar-refractivity contribution in [3.8, 4) is 0 Å². The number of hydrogen-bond donors (Lipinski definition) is 2. The maximum atomic E-state index is 12.4. The molecule has 2 aromatic carbocycles. The van der Waals surface area contributed by atoms with Crippen LogP contribution in [0.15, 0.2) is 60.2 Å². The van der Waals surface area contributed by atoms with Crippen LogP contribution in [0, 0.1) is 0 Å². The first kappa shape index (κ1) is 22.2. The molecule has 0 aromatic heterocycles. The van der Waals surface area contributed by atoms with Crippen molar-refractivity contribution in [3.63, 3.8) is 0 Å². The number of rotatable bonds is 6. The standard InChI is InChI=1S/C24H28N4O3/c1-17(16-23(30)25-20-6-4-19(5-7-20)18(2)29)24(31)26-21-8-10-22(11-9-21)28-14-12-27(3)13-15-28/h4-11,16H,12-15H2,1-3H3,(H,25,30)(H,26,31)/b17-16-. The molecule has 0 radical (unpaired) electrons. The number of piperazine rings is 1. The molecule has 31 heavy (non-hydrogen) atoms. The monoisotopic (exact) mass is 420 g/mol. The molecule has 0 aliphatic carbocycles. The lowest BCUT2D eigenvalue weighted by Gasteiger charge is -2.34. The Balaban J connectivity index is 1.54. The lowest BCUT2D eigenvalue weighted by atomic mass is 10.1. The summed E-state index contributed by atoms with van der Waals surface area (Å²) in [7, 11) is 2.12. The van der Waals surface area contributed by atoms with Gasteiger partial charge in [0.2, 0.25) is 5.91 Å². The number of carbonyl (C=O) groups is 3. The van der Waals surface area contributed by atoms with Crippen molar-refractivity contribution >= 4 is 34.7 Å². The van der Waals surface area contributed by atoms with Gasteiger partial charge in [-0.05, 0) is 69.4 Å². The van der Waals surface area contributed by atoms with Gasteiger partial charge in [-0.1, -0.05) is 0 Å². The normalized spacial score (nSPS) is 14.8. The van der Waals surface area contributed by atoms with Crippen molar-refractivity contribution in [2.45, 2.75) is 13.8 Å². The van der Waals surface area contributed by atoms with Crippen LogP contribution in [0.25, 0.3) is 0 Å². The quantitative estimate of drug-likeness (QED) is 0.554. The van der Waals surface area contributed by atoms with Crippen molar-refractivity contribution in [1.82, 2.24) is 4.90 Å². The Hall–Kier alpha value is -3.45. The summed E-state index contributed by atoms with van der Waals surface area (Å²) in [6, 6.07) is 14.3. The van der Waals surface area contributed by atoms with E-state index in [1.807, 2.05) is 24.3 Å². The Bertz CT molecular complexity index is 973. The van der Waals surface area contributed by atoms with E-state index in [0.29, 0.717) is 22.5 Å². The number of nitrogens with zero attached hydrogens (tertiary/aromatic N) is 2. The summed E-state index contributed by atoms with van der Waals surface area (Å²) in [5.74, 6) is -0.787. The summed E-state index contributed by atoms with van der Waals surface area (Å²) < 4.78 is 0. The molecule has 1 fully saturated rings. The zero-order valence-corrected chi connectivity index (χ0v) is 18.1. The van der Waals surface area contributed by atoms with E-state index in [-0.39, 0.29) is 11.7 Å². The fourth-order valence-corrected chi connectivity index (χ4v) is 3.28. The Morgan fingerprint density at radius 2 is 1.35 bits per heavy atom. The van der Waals surface area contributed by atoms with Gasteiger partial charge in [-0.3, -0.25) is 14.4 Å². The largest absolute Gasteiger partial charge is 0.369 e. The molecular formula is C24H28N4O3. The van der Waals surface area contributed by atoms with Gasteiger partial charge in [0.25, 0.3) is 5.91 Å². The molecular weight excluding hydrogens is 392 g/mol. The van der Waals surface area contributed by atoms with Gasteiger partial charge in [-0.2, -0.15) is 0 Å². The number of amides is 2. The topological polar surface area (TPSA) is 81.7 Å². The first-order valence-electron chi connectivity index (χ1n) is 10.3. The maximum absolute atomic E-state index is 12.4. The van der Waals surface area contributed by atoms with Crippen LogP contribution < -0.4 is 15.5 Å². The molecule has 0 spiro atoms. The van der Waals surface area contributed by atoms with Crippen LogP contribution in [0.4, 0.5) is 17.1 Å². The average molecular weight is 421 g/mol. The number of benzene rings is 2. The summed E-state index contributed by atoms with van der Waals surface area (Å²) in [5.41, 5.74) is 3.23. The SMILES string of the molecule is CC(=O)c1ccc(NC(=O)/C=C(/C)C(=O)Nc2ccc(N3CCN(C)CC3)cc2)cc1. The van der Waals surface area contributed by atoms with Crippen LogP contribution in [0.3, 0.4) is 0 Å². The number of hydrogen-bond acceptors (Lipinski definition) is 5. The minimum absolute atomic E-state index is 0.0400. The lowest BCUT2D eigenvalue weighted by Crippen LogP contribution is -2.44. The van der Waals surface area contributed by atoms with Gasteiger partial charge >= 0.3 is 0 Å².